The van der Waals surface area contributed by atoms with E-state index >= 15 is 0 Å². The number of anilines is 2. The van der Waals surface area contributed by atoms with Crippen molar-refractivity contribution in [2.45, 2.75) is 0 Å². The standard InChI is InChI=1S/C12H9Cl2N3/c13-5-1-7-8-2-6(14)4-10(16)12(8)17-11(7)9(15)3-5/h1-4,17H,15-16H2. The molecular formula is C12H9Cl2N3. The number of halogens is 2. The number of hydrogen-bond donors (Lipinski definition) is 3. The summed E-state index contributed by atoms with van der Waals surface area (Å²) in [6.07, 6.45) is 0. The predicted molar refractivity (Wildman–Crippen MR) is 74.6 cm³/mol. The number of nitrogen functional groups attached to an aromatic ring is 2. The maximum absolute atomic E-state index is 6.00. The lowest BCUT2D eigenvalue weighted by Gasteiger charge is -1.98. The number of rotatable bonds is 0. The first-order valence-electron chi connectivity index (χ1n) is 5.01. The molecule has 5 heteroatoms. The molecule has 0 saturated carbocycles. The minimum atomic E-state index is 0.592. The quantitative estimate of drug-likeness (QED) is 0.542. The Hall–Kier alpha value is -1.58. The van der Waals surface area contributed by atoms with Crippen LogP contribution in [-0.4, -0.2) is 4.98 Å². The van der Waals surface area contributed by atoms with Crippen LogP contribution in [0.2, 0.25) is 10.0 Å². The second kappa shape index (κ2) is 3.45. The SMILES string of the molecule is Nc1cc(Cl)cc2c1[nH]c1c(N)cc(Cl)cc12. The summed E-state index contributed by atoms with van der Waals surface area (Å²) in [7, 11) is 0. The zero-order valence-corrected chi connectivity index (χ0v) is 10.2. The molecule has 5 N–H and O–H groups in total. The lowest BCUT2D eigenvalue weighted by atomic mass is 10.1. The highest BCUT2D eigenvalue weighted by atomic mass is 35.5. The third kappa shape index (κ3) is 1.51. The Morgan fingerprint density at radius 3 is 1.59 bits per heavy atom. The van der Waals surface area contributed by atoms with E-state index in [1.807, 2.05) is 12.1 Å². The number of aromatic amines is 1. The van der Waals surface area contributed by atoms with Gasteiger partial charge in [-0.05, 0) is 24.3 Å². The molecule has 0 atom stereocenters. The number of H-pyrrole nitrogens is 1. The van der Waals surface area contributed by atoms with Gasteiger partial charge in [0.05, 0.1) is 22.4 Å². The first-order chi connectivity index (χ1) is 8.06. The molecular weight excluding hydrogens is 257 g/mol. The minimum Gasteiger partial charge on any atom is -0.397 e. The highest BCUT2D eigenvalue weighted by Crippen LogP contribution is 2.35. The molecule has 2 aromatic carbocycles. The van der Waals surface area contributed by atoms with Gasteiger partial charge in [0, 0.05) is 20.8 Å². The summed E-state index contributed by atoms with van der Waals surface area (Å²) in [6.45, 7) is 0. The Labute approximate surface area is 107 Å². The lowest BCUT2D eigenvalue weighted by Crippen LogP contribution is -1.86. The molecule has 1 heterocycles. The minimum absolute atomic E-state index is 0.592. The molecule has 0 amide bonds. The van der Waals surface area contributed by atoms with E-state index < -0.39 is 0 Å². The molecule has 0 spiro atoms. The molecule has 0 fully saturated rings. The van der Waals surface area contributed by atoms with Gasteiger partial charge in [-0.3, -0.25) is 0 Å². The molecule has 0 unspecified atom stereocenters. The van der Waals surface area contributed by atoms with Crippen LogP contribution in [0.3, 0.4) is 0 Å². The second-order valence-electron chi connectivity index (χ2n) is 3.96. The van der Waals surface area contributed by atoms with Crippen molar-refractivity contribution in [2.24, 2.45) is 0 Å². The number of aromatic nitrogens is 1. The molecule has 3 rings (SSSR count). The van der Waals surface area contributed by atoms with Crippen molar-refractivity contribution in [2.75, 3.05) is 11.5 Å². The van der Waals surface area contributed by atoms with Crippen molar-refractivity contribution in [1.82, 2.24) is 4.98 Å². The summed E-state index contributed by atoms with van der Waals surface area (Å²) in [5.41, 5.74) is 14.7. The molecule has 17 heavy (non-hydrogen) atoms. The summed E-state index contributed by atoms with van der Waals surface area (Å²) in [4.78, 5) is 3.20. The summed E-state index contributed by atoms with van der Waals surface area (Å²) < 4.78 is 0. The highest BCUT2D eigenvalue weighted by Gasteiger charge is 2.11. The molecule has 0 aliphatic heterocycles. The summed E-state index contributed by atoms with van der Waals surface area (Å²) in [5, 5.41) is 3.04. The second-order valence-corrected chi connectivity index (χ2v) is 4.83. The zero-order chi connectivity index (χ0) is 12.2. The molecule has 0 saturated heterocycles. The van der Waals surface area contributed by atoms with Gasteiger partial charge in [0.1, 0.15) is 0 Å². The van der Waals surface area contributed by atoms with E-state index in [1.165, 1.54) is 0 Å². The zero-order valence-electron chi connectivity index (χ0n) is 8.72. The molecule has 0 aliphatic carbocycles. The van der Waals surface area contributed by atoms with Crippen LogP contribution in [-0.2, 0) is 0 Å². The number of hydrogen-bond acceptors (Lipinski definition) is 2. The molecule has 0 bridgehead atoms. The molecule has 3 nitrogen and oxygen atoms in total. The fourth-order valence-electron chi connectivity index (χ4n) is 2.08. The number of nitrogens with two attached hydrogens (primary N) is 2. The van der Waals surface area contributed by atoms with Gasteiger partial charge < -0.3 is 16.5 Å². The average molecular weight is 266 g/mol. The Morgan fingerprint density at radius 2 is 1.18 bits per heavy atom. The van der Waals surface area contributed by atoms with Gasteiger partial charge in [0.2, 0.25) is 0 Å². The van der Waals surface area contributed by atoms with Gasteiger partial charge in [-0.2, -0.15) is 0 Å². The van der Waals surface area contributed by atoms with E-state index in [9.17, 15) is 0 Å². The van der Waals surface area contributed by atoms with Gasteiger partial charge in [-0.1, -0.05) is 23.2 Å². The first kappa shape index (κ1) is 10.6. The smallest absolute Gasteiger partial charge is 0.0700 e. The number of fused-ring (bicyclic) bond motifs is 3. The van der Waals surface area contributed by atoms with E-state index in [0.717, 1.165) is 21.8 Å². The number of nitrogens with one attached hydrogen (secondary N) is 1. The Bertz CT molecular complexity index is 684. The third-order valence-electron chi connectivity index (χ3n) is 2.81. The van der Waals surface area contributed by atoms with Crippen molar-refractivity contribution in [3.8, 4) is 0 Å². The normalized spacial score (nSPS) is 11.4. The molecule has 0 aliphatic rings. The topological polar surface area (TPSA) is 67.8 Å². The van der Waals surface area contributed by atoms with Crippen molar-refractivity contribution in [3.63, 3.8) is 0 Å². The van der Waals surface area contributed by atoms with E-state index in [2.05, 4.69) is 4.98 Å². The molecule has 3 aromatic rings. The van der Waals surface area contributed by atoms with Crippen LogP contribution in [0.25, 0.3) is 21.8 Å². The van der Waals surface area contributed by atoms with Crippen LogP contribution in [0, 0.1) is 0 Å². The van der Waals surface area contributed by atoms with E-state index in [-0.39, 0.29) is 0 Å². The molecule has 1 aromatic heterocycles. The van der Waals surface area contributed by atoms with Crippen LogP contribution in [0.1, 0.15) is 0 Å². The molecule has 0 radical (unpaired) electrons. The Morgan fingerprint density at radius 1 is 0.765 bits per heavy atom. The highest BCUT2D eigenvalue weighted by molar-refractivity contribution is 6.34. The maximum Gasteiger partial charge on any atom is 0.0700 e. The van der Waals surface area contributed by atoms with E-state index in [4.69, 9.17) is 34.7 Å². The first-order valence-corrected chi connectivity index (χ1v) is 5.77. The molecule has 86 valence electrons. The summed E-state index contributed by atoms with van der Waals surface area (Å²) in [5.74, 6) is 0. The van der Waals surface area contributed by atoms with Crippen molar-refractivity contribution < 1.29 is 0 Å². The summed E-state index contributed by atoms with van der Waals surface area (Å²) in [6, 6.07) is 7.11. The largest absolute Gasteiger partial charge is 0.397 e. The van der Waals surface area contributed by atoms with Gasteiger partial charge in [0.15, 0.2) is 0 Å². The lowest BCUT2D eigenvalue weighted by molar-refractivity contribution is 1.54. The average Bonchev–Trinajstić information content (AvgIpc) is 2.58. The van der Waals surface area contributed by atoms with Crippen LogP contribution >= 0.6 is 23.2 Å². The Balaban J connectivity index is 2.60. The van der Waals surface area contributed by atoms with Crippen molar-refractivity contribution in [3.05, 3.63) is 34.3 Å². The maximum atomic E-state index is 6.00. The monoisotopic (exact) mass is 265 g/mol. The van der Waals surface area contributed by atoms with Crippen LogP contribution in [0.5, 0.6) is 0 Å². The van der Waals surface area contributed by atoms with Gasteiger partial charge in [0.25, 0.3) is 0 Å². The van der Waals surface area contributed by atoms with Gasteiger partial charge >= 0.3 is 0 Å². The fraction of sp³-hybridized carbons (Fsp3) is 0. The van der Waals surface area contributed by atoms with Gasteiger partial charge in [-0.25, -0.2) is 0 Å². The third-order valence-corrected chi connectivity index (χ3v) is 3.24. The summed E-state index contributed by atoms with van der Waals surface area (Å²) >= 11 is 12.0. The van der Waals surface area contributed by atoms with Crippen molar-refractivity contribution in [1.29, 1.82) is 0 Å². The van der Waals surface area contributed by atoms with Crippen LogP contribution < -0.4 is 11.5 Å². The van der Waals surface area contributed by atoms with Gasteiger partial charge in [-0.15, -0.1) is 0 Å². The fourth-order valence-corrected chi connectivity index (χ4v) is 2.54. The van der Waals surface area contributed by atoms with Crippen molar-refractivity contribution >= 4 is 56.4 Å². The Kier molecular flexibility index (Phi) is 2.15. The van der Waals surface area contributed by atoms with Crippen LogP contribution in [0.4, 0.5) is 11.4 Å². The van der Waals surface area contributed by atoms with Crippen LogP contribution in [0.15, 0.2) is 24.3 Å². The van der Waals surface area contributed by atoms with E-state index in [1.54, 1.807) is 12.1 Å². The number of benzene rings is 2. The van der Waals surface area contributed by atoms with E-state index in [0.29, 0.717) is 21.4 Å². The predicted octanol–water partition coefficient (Wildman–Crippen LogP) is 3.79.